The second-order valence-electron chi connectivity index (χ2n) is 8.53. The van der Waals surface area contributed by atoms with Gasteiger partial charge in [0.05, 0.1) is 24.6 Å². The van der Waals surface area contributed by atoms with E-state index in [0.29, 0.717) is 35.3 Å². The summed E-state index contributed by atoms with van der Waals surface area (Å²) in [5.74, 6) is 0.574. The topological polar surface area (TPSA) is 84.4 Å². The third kappa shape index (κ3) is 4.53. The molecule has 35 heavy (non-hydrogen) atoms. The predicted molar refractivity (Wildman–Crippen MR) is 136 cm³/mol. The minimum absolute atomic E-state index is 0.126. The molecule has 2 heterocycles. The summed E-state index contributed by atoms with van der Waals surface area (Å²) in [6, 6.07) is 22.2. The molecule has 0 aliphatic carbocycles. The summed E-state index contributed by atoms with van der Waals surface area (Å²) in [5.41, 5.74) is 3.09. The molecule has 7 heteroatoms. The van der Waals surface area contributed by atoms with Gasteiger partial charge in [0, 0.05) is 18.7 Å². The minimum atomic E-state index is -0.517. The molecule has 1 aromatic heterocycles. The highest BCUT2D eigenvalue weighted by molar-refractivity contribution is 5.98. The van der Waals surface area contributed by atoms with Crippen LogP contribution in [-0.4, -0.2) is 40.6 Å². The lowest BCUT2D eigenvalue weighted by Gasteiger charge is -2.27. The molecule has 0 fully saturated rings. The average molecular weight is 468 g/mol. The Bertz CT molecular complexity index is 1530. The van der Waals surface area contributed by atoms with Crippen molar-refractivity contribution in [3.8, 4) is 5.75 Å². The summed E-state index contributed by atoms with van der Waals surface area (Å²) in [4.78, 5) is 43.4. The number of hydrogen-bond acceptors (Lipinski definition) is 4. The zero-order chi connectivity index (χ0) is 24.4. The highest BCUT2D eigenvalue weighted by atomic mass is 16.5. The molecule has 176 valence electrons. The summed E-state index contributed by atoms with van der Waals surface area (Å²) in [6.45, 7) is 1.26. The van der Waals surface area contributed by atoms with Crippen LogP contribution in [0.25, 0.3) is 16.5 Å². The fourth-order valence-corrected chi connectivity index (χ4v) is 4.40. The molecule has 0 saturated carbocycles. The van der Waals surface area contributed by atoms with Crippen LogP contribution in [0, 0.1) is 0 Å². The maximum atomic E-state index is 13.1. The monoisotopic (exact) mass is 467 g/mol. The third-order valence-electron chi connectivity index (χ3n) is 6.37. The van der Waals surface area contributed by atoms with Gasteiger partial charge in [-0.25, -0.2) is 4.79 Å². The number of fused-ring (bicyclic) bond motifs is 1. The van der Waals surface area contributed by atoms with E-state index < -0.39 is 11.2 Å². The first-order chi connectivity index (χ1) is 17.0. The summed E-state index contributed by atoms with van der Waals surface area (Å²) in [6.07, 6.45) is 2.85. The smallest absolute Gasteiger partial charge is 0.329 e. The van der Waals surface area contributed by atoms with Crippen LogP contribution in [0.2, 0.25) is 0 Å². The zero-order valence-electron chi connectivity index (χ0n) is 19.4. The number of nitrogens with one attached hydrogen (secondary N) is 1. The Labute approximate surface area is 201 Å². The van der Waals surface area contributed by atoms with Crippen molar-refractivity contribution in [2.45, 2.75) is 13.0 Å². The van der Waals surface area contributed by atoms with Gasteiger partial charge in [-0.1, -0.05) is 48.5 Å². The molecule has 3 aromatic carbocycles. The SMILES string of the molecule is COc1ccc(Cn2c(=O)[nH]c3cc(C(=O)N4CC=C(c5ccccc5)CC4)ccc3c2=O)cc1. The number of H-pyrrole nitrogens is 1. The van der Waals surface area contributed by atoms with E-state index >= 15 is 0 Å². The molecule has 0 radical (unpaired) electrons. The van der Waals surface area contributed by atoms with Gasteiger partial charge in [-0.3, -0.25) is 14.2 Å². The van der Waals surface area contributed by atoms with E-state index in [1.54, 1.807) is 42.3 Å². The molecule has 0 bridgehead atoms. The fraction of sp³-hybridized carbons (Fsp3) is 0.179. The number of benzene rings is 3. The van der Waals surface area contributed by atoms with Crippen LogP contribution in [0.3, 0.4) is 0 Å². The number of methoxy groups -OCH3 is 1. The van der Waals surface area contributed by atoms with Crippen LogP contribution in [-0.2, 0) is 6.54 Å². The second-order valence-corrected chi connectivity index (χ2v) is 8.53. The number of aromatic nitrogens is 2. The van der Waals surface area contributed by atoms with Gasteiger partial charge in [0.1, 0.15) is 5.75 Å². The van der Waals surface area contributed by atoms with Crippen LogP contribution in [0.1, 0.15) is 27.9 Å². The van der Waals surface area contributed by atoms with Crippen LogP contribution in [0.4, 0.5) is 0 Å². The van der Waals surface area contributed by atoms with Crippen molar-refractivity contribution in [1.29, 1.82) is 0 Å². The van der Waals surface area contributed by atoms with Crippen molar-refractivity contribution in [3.63, 3.8) is 0 Å². The van der Waals surface area contributed by atoms with Crippen LogP contribution < -0.4 is 16.0 Å². The molecule has 1 aliphatic heterocycles. The fourth-order valence-electron chi connectivity index (χ4n) is 4.40. The molecular formula is C28H25N3O4. The largest absolute Gasteiger partial charge is 0.497 e. The van der Waals surface area contributed by atoms with Gasteiger partial charge < -0.3 is 14.6 Å². The maximum Gasteiger partial charge on any atom is 0.329 e. The standard InChI is InChI=1S/C28H25N3O4/c1-35-23-10-7-19(8-11-23)18-31-27(33)24-12-9-22(17-25(24)29-28(31)34)26(32)30-15-13-21(14-16-30)20-5-3-2-4-6-20/h2-13,17H,14-16,18H2,1H3,(H,29,34). The molecule has 0 spiro atoms. The van der Waals surface area contributed by atoms with Gasteiger partial charge in [-0.15, -0.1) is 0 Å². The number of hydrogen-bond donors (Lipinski definition) is 1. The average Bonchev–Trinajstić information content (AvgIpc) is 2.91. The van der Waals surface area contributed by atoms with Crippen molar-refractivity contribution >= 4 is 22.4 Å². The first-order valence-electron chi connectivity index (χ1n) is 11.5. The molecule has 1 N–H and O–H groups in total. The quantitative estimate of drug-likeness (QED) is 0.485. The van der Waals surface area contributed by atoms with Crippen LogP contribution in [0.15, 0.2) is 88.5 Å². The summed E-state index contributed by atoms with van der Waals surface area (Å²) in [5, 5.41) is 0.361. The van der Waals surface area contributed by atoms with Crippen molar-refractivity contribution in [2.75, 3.05) is 20.2 Å². The first kappa shape index (κ1) is 22.4. The Morgan fingerprint density at radius 3 is 2.46 bits per heavy atom. The number of carbonyl (C=O) groups excluding carboxylic acids is 1. The Morgan fingerprint density at radius 1 is 1.00 bits per heavy atom. The number of ether oxygens (including phenoxy) is 1. The molecule has 0 atom stereocenters. The summed E-state index contributed by atoms with van der Waals surface area (Å²) in [7, 11) is 1.58. The van der Waals surface area contributed by atoms with Crippen LogP contribution >= 0.6 is 0 Å². The third-order valence-corrected chi connectivity index (χ3v) is 6.37. The highest BCUT2D eigenvalue weighted by Crippen LogP contribution is 2.23. The molecule has 5 rings (SSSR count). The molecule has 1 aliphatic rings. The molecule has 4 aromatic rings. The first-order valence-corrected chi connectivity index (χ1v) is 11.5. The van der Waals surface area contributed by atoms with Crippen molar-refractivity contribution < 1.29 is 9.53 Å². The van der Waals surface area contributed by atoms with Crippen molar-refractivity contribution in [3.05, 3.63) is 116 Å². The van der Waals surface area contributed by atoms with Crippen molar-refractivity contribution in [1.82, 2.24) is 14.5 Å². The van der Waals surface area contributed by atoms with Gasteiger partial charge in [-0.05, 0) is 53.5 Å². The Balaban J connectivity index is 1.38. The second kappa shape index (κ2) is 9.46. The molecular weight excluding hydrogens is 442 g/mol. The summed E-state index contributed by atoms with van der Waals surface area (Å²) < 4.78 is 6.31. The number of amides is 1. The van der Waals surface area contributed by atoms with E-state index in [-0.39, 0.29) is 12.5 Å². The predicted octanol–water partition coefficient (Wildman–Crippen LogP) is 3.68. The van der Waals surface area contributed by atoms with E-state index in [0.717, 1.165) is 16.6 Å². The van der Waals surface area contributed by atoms with E-state index in [1.807, 2.05) is 30.3 Å². The zero-order valence-corrected chi connectivity index (χ0v) is 19.4. The minimum Gasteiger partial charge on any atom is -0.497 e. The van der Waals surface area contributed by atoms with Gasteiger partial charge in [0.15, 0.2) is 0 Å². The van der Waals surface area contributed by atoms with Gasteiger partial charge >= 0.3 is 5.69 Å². The molecule has 1 amide bonds. The lowest BCUT2D eigenvalue weighted by molar-refractivity contribution is 0.0773. The highest BCUT2D eigenvalue weighted by Gasteiger charge is 2.20. The van der Waals surface area contributed by atoms with E-state index in [2.05, 4.69) is 23.2 Å². The van der Waals surface area contributed by atoms with E-state index in [1.165, 1.54) is 11.1 Å². The van der Waals surface area contributed by atoms with Crippen molar-refractivity contribution in [2.24, 2.45) is 0 Å². The molecule has 0 saturated heterocycles. The van der Waals surface area contributed by atoms with Gasteiger partial charge in [0.2, 0.25) is 0 Å². The number of rotatable bonds is 5. The molecule has 7 nitrogen and oxygen atoms in total. The normalized spacial score (nSPS) is 13.5. The van der Waals surface area contributed by atoms with Gasteiger partial charge in [-0.2, -0.15) is 0 Å². The Hall–Kier alpha value is -4.39. The maximum absolute atomic E-state index is 13.1. The van der Waals surface area contributed by atoms with Gasteiger partial charge in [0.25, 0.3) is 11.5 Å². The number of aromatic amines is 1. The lowest BCUT2D eigenvalue weighted by Crippen LogP contribution is -2.36. The summed E-state index contributed by atoms with van der Waals surface area (Å²) >= 11 is 0. The Morgan fingerprint density at radius 2 is 1.77 bits per heavy atom. The number of carbonyl (C=O) groups is 1. The molecule has 0 unspecified atom stereocenters. The van der Waals surface area contributed by atoms with Crippen LogP contribution in [0.5, 0.6) is 5.75 Å². The number of nitrogens with zero attached hydrogens (tertiary/aromatic N) is 2. The lowest BCUT2D eigenvalue weighted by atomic mass is 9.99. The Kier molecular flexibility index (Phi) is 6.06. The van der Waals surface area contributed by atoms with E-state index in [9.17, 15) is 14.4 Å². The van der Waals surface area contributed by atoms with E-state index in [4.69, 9.17) is 4.74 Å².